The molecule has 2 rings (SSSR count). The minimum atomic E-state index is -3.67. The molecule has 1 N–H and O–H groups in total. The number of hydrogen-bond acceptors (Lipinski definition) is 3. The van der Waals surface area contributed by atoms with Gasteiger partial charge in [0.25, 0.3) is 0 Å². The molecule has 0 unspecified atom stereocenters. The lowest BCUT2D eigenvalue weighted by Gasteiger charge is -2.27. The van der Waals surface area contributed by atoms with E-state index in [2.05, 4.69) is 12.2 Å². The van der Waals surface area contributed by atoms with Crippen molar-refractivity contribution in [2.45, 2.75) is 56.6 Å². The highest BCUT2D eigenvalue weighted by atomic mass is 32.2. The van der Waals surface area contributed by atoms with E-state index in [-0.39, 0.29) is 11.8 Å². The first-order chi connectivity index (χ1) is 10.8. The zero-order valence-electron chi connectivity index (χ0n) is 13.6. The first-order valence-electron chi connectivity index (χ1n) is 8.04. The number of halogens is 1. The van der Waals surface area contributed by atoms with Crippen LogP contribution >= 0.6 is 0 Å². The van der Waals surface area contributed by atoms with E-state index in [0.29, 0.717) is 11.5 Å². The maximum atomic E-state index is 13.2. The molecule has 128 valence electrons. The van der Waals surface area contributed by atoms with Crippen LogP contribution < -0.4 is 5.32 Å². The molecule has 0 radical (unpaired) electrons. The van der Waals surface area contributed by atoms with Gasteiger partial charge in [0.05, 0.1) is 5.75 Å². The lowest BCUT2D eigenvalue weighted by atomic mass is 9.87. The molecular weight excluding hydrogens is 317 g/mol. The molecule has 0 spiro atoms. The Balaban J connectivity index is 1.97. The fourth-order valence-corrected chi connectivity index (χ4v) is 4.16. The summed E-state index contributed by atoms with van der Waals surface area (Å²) in [6.07, 6.45) is 3.89. The van der Waals surface area contributed by atoms with Gasteiger partial charge in [0.15, 0.2) is 9.84 Å². The Labute approximate surface area is 137 Å². The van der Waals surface area contributed by atoms with Crippen LogP contribution in [-0.2, 0) is 20.4 Å². The number of amides is 1. The van der Waals surface area contributed by atoms with Crippen LogP contribution in [0.1, 0.15) is 45.1 Å². The summed E-state index contributed by atoms with van der Waals surface area (Å²) in [4.78, 5) is 12.2. The zero-order chi connectivity index (χ0) is 17.0. The normalized spacial score (nSPS) is 23.3. The molecule has 0 bridgehead atoms. The van der Waals surface area contributed by atoms with Gasteiger partial charge >= 0.3 is 0 Å². The number of nitrogens with one attached hydrogen (secondary N) is 1. The molecule has 1 atom stereocenters. The summed E-state index contributed by atoms with van der Waals surface area (Å²) in [6.45, 7) is 3.58. The minimum Gasteiger partial charge on any atom is -0.352 e. The number of carbonyl (C=O) groups excluding carboxylic acids is 1. The van der Waals surface area contributed by atoms with Gasteiger partial charge in [-0.15, -0.1) is 0 Å². The zero-order valence-corrected chi connectivity index (χ0v) is 14.4. The van der Waals surface area contributed by atoms with Crippen LogP contribution in [0.25, 0.3) is 0 Å². The molecule has 1 aliphatic rings. The van der Waals surface area contributed by atoms with Crippen molar-refractivity contribution in [3.8, 4) is 0 Å². The van der Waals surface area contributed by atoms with Crippen molar-refractivity contribution in [1.29, 1.82) is 0 Å². The second-order valence-corrected chi connectivity index (χ2v) is 8.87. The van der Waals surface area contributed by atoms with Gasteiger partial charge in [-0.25, -0.2) is 12.8 Å². The van der Waals surface area contributed by atoms with Gasteiger partial charge in [-0.3, -0.25) is 4.79 Å². The van der Waals surface area contributed by atoms with E-state index in [1.807, 2.05) is 0 Å². The van der Waals surface area contributed by atoms with Crippen LogP contribution in [0.5, 0.6) is 0 Å². The Bertz CT molecular complexity index is 652. The lowest BCUT2D eigenvalue weighted by Crippen LogP contribution is -2.44. The fourth-order valence-electron chi connectivity index (χ4n) is 2.87. The summed E-state index contributed by atoms with van der Waals surface area (Å²) in [5.41, 5.74) is 0.358. The van der Waals surface area contributed by atoms with Gasteiger partial charge in [-0.2, -0.15) is 0 Å². The summed E-state index contributed by atoms with van der Waals surface area (Å²) < 4.78 is 37.9. The lowest BCUT2D eigenvalue weighted by molar-refractivity contribution is -0.121. The molecule has 23 heavy (non-hydrogen) atoms. The molecule has 4 nitrogen and oxygen atoms in total. The van der Waals surface area contributed by atoms with Crippen LogP contribution in [0.4, 0.5) is 4.39 Å². The monoisotopic (exact) mass is 341 g/mol. The topological polar surface area (TPSA) is 63.2 Å². The second kappa shape index (κ2) is 7.43. The first kappa shape index (κ1) is 17.9. The SMILES string of the molecule is CC1CCC(NC(=O)[C@H](C)S(=O)(=O)Cc2cccc(F)c2)CC1. The summed E-state index contributed by atoms with van der Waals surface area (Å²) in [5.74, 6) is -0.606. The van der Waals surface area contributed by atoms with Crippen molar-refractivity contribution >= 4 is 15.7 Å². The quantitative estimate of drug-likeness (QED) is 0.896. The smallest absolute Gasteiger partial charge is 0.238 e. The Morgan fingerprint density at radius 1 is 1.30 bits per heavy atom. The van der Waals surface area contributed by atoms with Gasteiger partial charge < -0.3 is 5.32 Å². The molecular formula is C17H24FNO3S. The van der Waals surface area contributed by atoms with Crippen molar-refractivity contribution in [1.82, 2.24) is 5.32 Å². The number of sulfone groups is 1. The largest absolute Gasteiger partial charge is 0.352 e. The van der Waals surface area contributed by atoms with Gasteiger partial charge in [0.2, 0.25) is 5.91 Å². The van der Waals surface area contributed by atoms with Crippen molar-refractivity contribution in [3.05, 3.63) is 35.6 Å². The third-order valence-electron chi connectivity index (χ3n) is 4.53. The summed E-state index contributed by atoms with van der Waals surface area (Å²) in [5, 5.41) is 1.72. The Morgan fingerprint density at radius 3 is 2.57 bits per heavy atom. The van der Waals surface area contributed by atoms with E-state index in [1.165, 1.54) is 25.1 Å². The van der Waals surface area contributed by atoms with E-state index < -0.39 is 26.8 Å². The third-order valence-corrected chi connectivity index (χ3v) is 6.55. The molecule has 1 saturated carbocycles. The highest BCUT2D eigenvalue weighted by Crippen LogP contribution is 2.23. The number of rotatable bonds is 5. The molecule has 1 aliphatic carbocycles. The minimum absolute atomic E-state index is 0.0607. The second-order valence-electron chi connectivity index (χ2n) is 6.54. The predicted molar refractivity (Wildman–Crippen MR) is 88.0 cm³/mol. The van der Waals surface area contributed by atoms with E-state index >= 15 is 0 Å². The molecule has 0 aliphatic heterocycles. The van der Waals surface area contributed by atoms with Crippen LogP contribution in [0.15, 0.2) is 24.3 Å². The fraction of sp³-hybridized carbons (Fsp3) is 0.588. The van der Waals surface area contributed by atoms with Crippen LogP contribution in [0.3, 0.4) is 0 Å². The van der Waals surface area contributed by atoms with Crippen molar-refractivity contribution in [2.24, 2.45) is 5.92 Å². The number of carbonyl (C=O) groups is 1. The highest BCUT2D eigenvalue weighted by molar-refractivity contribution is 7.92. The van der Waals surface area contributed by atoms with Crippen LogP contribution in [0, 0.1) is 11.7 Å². The van der Waals surface area contributed by atoms with Crippen molar-refractivity contribution in [2.75, 3.05) is 0 Å². The highest BCUT2D eigenvalue weighted by Gasteiger charge is 2.30. The Morgan fingerprint density at radius 2 is 1.96 bits per heavy atom. The molecule has 1 amide bonds. The van der Waals surface area contributed by atoms with Crippen molar-refractivity contribution < 1.29 is 17.6 Å². The van der Waals surface area contributed by atoms with Crippen molar-refractivity contribution in [3.63, 3.8) is 0 Å². The molecule has 0 saturated heterocycles. The number of benzene rings is 1. The van der Waals surface area contributed by atoms with Crippen LogP contribution in [-0.4, -0.2) is 25.6 Å². The van der Waals surface area contributed by atoms with E-state index in [0.717, 1.165) is 25.7 Å². The standard InChI is InChI=1S/C17H24FNO3S/c1-12-6-8-16(9-7-12)19-17(20)13(2)23(21,22)11-14-4-3-5-15(18)10-14/h3-5,10,12-13,16H,6-9,11H2,1-2H3,(H,19,20)/t12?,13-,16?/m0/s1. The maximum Gasteiger partial charge on any atom is 0.238 e. The Kier molecular flexibility index (Phi) is 5.79. The van der Waals surface area contributed by atoms with E-state index in [9.17, 15) is 17.6 Å². The molecule has 6 heteroatoms. The van der Waals surface area contributed by atoms with Gasteiger partial charge in [-0.1, -0.05) is 19.1 Å². The molecule has 1 aromatic carbocycles. The third kappa shape index (κ3) is 5.03. The number of hydrogen-bond donors (Lipinski definition) is 1. The summed E-state index contributed by atoms with van der Waals surface area (Å²) >= 11 is 0. The average molecular weight is 341 g/mol. The van der Waals surface area contributed by atoms with Gasteiger partial charge in [0, 0.05) is 6.04 Å². The molecule has 1 fully saturated rings. The summed E-state index contributed by atoms with van der Waals surface area (Å²) in [7, 11) is -3.67. The van der Waals surface area contributed by atoms with E-state index in [1.54, 1.807) is 6.07 Å². The Hall–Kier alpha value is -1.43. The maximum absolute atomic E-state index is 13.2. The average Bonchev–Trinajstić information content (AvgIpc) is 2.48. The molecule has 1 aromatic rings. The predicted octanol–water partition coefficient (Wildman–Crippen LogP) is 2.82. The molecule has 0 heterocycles. The molecule has 0 aromatic heterocycles. The summed E-state index contributed by atoms with van der Waals surface area (Å²) in [6, 6.07) is 5.52. The van der Waals surface area contributed by atoms with E-state index in [4.69, 9.17) is 0 Å². The van der Waals surface area contributed by atoms with Gasteiger partial charge in [0.1, 0.15) is 11.1 Å². The van der Waals surface area contributed by atoms with Gasteiger partial charge in [-0.05, 0) is 56.2 Å². The van der Waals surface area contributed by atoms with Crippen LogP contribution in [0.2, 0.25) is 0 Å². The first-order valence-corrected chi connectivity index (χ1v) is 9.76.